The highest BCUT2D eigenvalue weighted by Gasteiger charge is 2.37. The molecule has 1 aliphatic heterocycles. The standard InChI is InChI=1S/C12H13F2NO4S/c13-9-5-4-8(7-10(9)14)20(18,19)15-6-2-1-3-11(15)12(16)17/h4-5,7,11H,1-3,6H2,(H,16,17)/t11-/m1/s1. The molecule has 0 aromatic heterocycles. The predicted molar refractivity (Wildman–Crippen MR) is 65.5 cm³/mol. The Hall–Kier alpha value is -1.54. The molecule has 0 spiro atoms. The number of halogens is 2. The Balaban J connectivity index is 2.42. The van der Waals surface area contributed by atoms with Gasteiger partial charge in [0.25, 0.3) is 0 Å². The van der Waals surface area contributed by atoms with Crippen molar-refractivity contribution >= 4 is 16.0 Å². The lowest BCUT2D eigenvalue weighted by molar-refractivity contribution is -0.142. The topological polar surface area (TPSA) is 74.7 Å². The summed E-state index contributed by atoms with van der Waals surface area (Å²) in [6.45, 7) is 0.0539. The van der Waals surface area contributed by atoms with E-state index in [0.717, 1.165) is 10.4 Å². The first kappa shape index (κ1) is 14.9. The molecule has 0 saturated carbocycles. The summed E-state index contributed by atoms with van der Waals surface area (Å²) >= 11 is 0. The number of hydrogen-bond acceptors (Lipinski definition) is 3. The SMILES string of the molecule is O=C(O)[C@H]1CCCCN1S(=O)(=O)c1ccc(F)c(F)c1. The van der Waals surface area contributed by atoms with Gasteiger partial charge in [-0.1, -0.05) is 0 Å². The van der Waals surface area contributed by atoms with Gasteiger partial charge in [0, 0.05) is 6.54 Å². The van der Waals surface area contributed by atoms with Gasteiger partial charge in [0.1, 0.15) is 6.04 Å². The van der Waals surface area contributed by atoms with Crippen LogP contribution in [0.4, 0.5) is 8.78 Å². The summed E-state index contributed by atoms with van der Waals surface area (Å²) in [5.41, 5.74) is 0. The van der Waals surface area contributed by atoms with Crippen LogP contribution in [0.25, 0.3) is 0 Å². The quantitative estimate of drug-likeness (QED) is 0.920. The average Bonchev–Trinajstić information content (AvgIpc) is 2.41. The molecule has 1 aromatic rings. The Morgan fingerprint density at radius 1 is 1.25 bits per heavy atom. The Morgan fingerprint density at radius 3 is 2.55 bits per heavy atom. The summed E-state index contributed by atoms with van der Waals surface area (Å²) in [6, 6.07) is 1.04. The van der Waals surface area contributed by atoms with Crippen molar-refractivity contribution in [1.29, 1.82) is 0 Å². The van der Waals surface area contributed by atoms with Crippen LogP contribution in [-0.4, -0.2) is 36.4 Å². The zero-order valence-corrected chi connectivity index (χ0v) is 11.2. The summed E-state index contributed by atoms with van der Waals surface area (Å²) in [5.74, 6) is -3.68. The van der Waals surface area contributed by atoms with Crippen LogP contribution in [0.1, 0.15) is 19.3 Å². The Morgan fingerprint density at radius 2 is 1.95 bits per heavy atom. The third-order valence-electron chi connectivity index (χ3n) is 3.24. The number of carboxylic acids is 1. The Bertz CT molecular complexity index is 632. The van der Waals surface area contributed by atoms with Crippen molar-refractivity contribution in [1.82, 2.24) is 4.31 Å². The van der Waals surface area contributed by atoms with Gasteiger partial charge in [-0.25, -0.2) is 17.2 Å². The fourth-order valence-corrected chi connectivity index (χ4v) is 3.88. The molecule has 1 heterocycles. The molecule has 2 rings (SSSR count). The molecular weight excluding hydrogens is 292 g/mol. The van der Waals surface area contributed by atoms with E-state index in [-0.39, 0.29) is 13.0 Å². The lowest BCUT2D eigenvalue weighted by atomic mass is 10.1. The molecule has 20 heavy (non-hydrogen) atoms. The van der Waals surface area contributed by atoms with Crippen LogP contribution in [0.3, 0.4) is 0 Å². The third kappa shape index (κ3) is 2.66. The summed E-state index contributed by atoms with van der Waals surface area (Å²) < 4.78 is 51.5. The maximum Gasteiger partial charge on any atom is 0.322 e. The number of carboxylic acid groups (broad SMARTS) is 1. The van der Waals surface area contributed by atoms with Crippen molar-refractivity contribution in [3.8, 4) is 0 Å². The molecule has 1 fully saturated rings. The van der Waals surface area contributed by atoms with Crippen molar-refractivity contribution in [3.63, 3.8) is 0 Å². The molecule has 5 nitrogen and oxygen atoms in total. The summed E-state index contributed by atoms with van der Waals surface area (Å²) in [5, 5.41) is 9.08. The fourth-order valence-electron chi connectivity index (χ4n) is 2.21. The molecule has 0 radical (unpaired) electrons. The molecule has 0 bridgehead atoms. The number of piperidine rings is 1. The number of rotatable bonds is 3. The number of carbonyl (C=O) groups is 1. The molecule has 110 valence electrons. The highest BCUT2D eigenvalue weighted by Crippen LogP contribution is 2.26. The van der Waals surface area contributed by atoms with E-state index in [4.69, 9.17) is 5.11 Å². The molecule has 0 amide bonds. The van der Waals surface area contributed by atoms with E-state index in [0.29, 0.717) is 25.0 Å². The van der Waals surface area contributed by atoms with Gasteiger partial charge in [-0.15, -0.1) is 0 Å². The number of nitrogens with zero attached hydrogens (tertiary/aromatic N) is 1. The largest absolute Gasteiger partial charge is 0.480 e. The van der Waals surface area contributed by atoms with Gasteiger partial charge in [-0.05, 0) is 37.5 Å². The van der Waals surface area contributed by atoms with Crippen molar-refractivity contribution in [2.75, 3.05) is 6.54 Å². The zero-order valence-electron chi connectivity index (χ0n) is 10.4. The Kier molecular flexibility index (Phi) is 4.05. The minimum Gasteiger partial charge on any atom is -0.480 e. The first-order valence-corrected chi connectivity index (χ1v) is 7.48. The summed E-state index contributed by atoms with van der Waals surface area (Å²) in [4.78, 5) is 10.7. The second kappa shape index (κ2) is 5.45. The molecule has 0 aliphatic carbocycles. The first-order valence-electron chi connectivity index (χ1n) is 6.04. The molecule has 8 heteroatoms. The van der Waals surface area contributed by atoms with E-state index < -0.39 is 38.6 Å². The van der Waals surface area contributed by atoms with Crippen LogP contribution in [0.5, 0.6) is 0 Å². The number of hydrogen-bond donors (Lipinski definition) is 1. The second-order valence-electron chi connectivity index (χ2n) is 4.54. The number of benzene rings is 1. The van der Waals surface area contributed by atoms with Gasteiger partial charge >= 0.3 is 5.97 Å². The monoisotopic (exact) mass is 305 g/mol. The minimum absolute atomic E-state index is 0.0539. The number of aliphatic carboxylic acids is 1. The van der Waals surface area contributed by atoms with E-state index >= 15 is 0 Å². The molecule has 1 aromatic carbocycles. The van der Waals surface area contributed by atoms with Crippen LogP contribution in [0.2, 0.25) is 0 Å². The van der Waals surface area contributed by atoms with E-state index in [2.05, 4.69) is 0 Å². The molecule has 1 N–H and O–H groups in total. The van der Waals surface area contributed by atoms with Gasteiger partial charge in [0.05, 0.1) is 4.90 Å². The molecule has 0 unspecified atom stereocenters. The molecule has 1 saturated heterocycles. The normalized spacial score (nSPS) is 20.8. The average molecular weight is 305 g/mol. The maximum atomic E-state index is 13.2. The van der Waals surface area contributed by atoms with Crippen molar-refractivity contribution < 1.29 is 27.1 Å². The third-order valence-corrected chi connectivity index (χ3v) is 5.14. The van der Waals surface area contributed by atoms with Crippen LogP contribution in [-0.2, 0) is 14.8 Å². The minimum atomic E-state index is -4.15. The summed E-state index contributed by atoms with van der Waals surface area (Å²) in [6.07, 6.45) is 1.35. The van der Waals surface area contributed by atoms with Gasteiger partial charge in [-0.3, -0.25) is 4.79 Å². The molecule has 1 aliphatic rings. The lowest BCUT2D eigenvalue weighted by Crippen LogP contribution is -2.47. The fraction of sp³-hybridized carbons (Fsp3) is 0.417. The molecular formula is C12H13F2NO4S. The van der Waals surface area contributed by atoms with E-state index in [1.54, 1.807) is 0 Å². The number of sulfonamides is 1. The second-order valence-corrected chi connectivity index (χ2v) is 6.43. The van der Waals surface area contributed by atoms with Crippen molar-refractivity contribution in [2.24, 2.45) is 0 Å². The van der Waals surface area contributed by atoms with Gasteiger partial charge in [0.2, 0.25) is 10.0 Å². The maximum absolute atomic E-state index is 13.2. The van der Waals surface area contributed by atoms with Crippen molar-refractivity contribution in [3.05, 3.63) is 29.8 Å². The summed E-state index contributed by atoms with van der Waals surface area (Å²) in [7, 11) is -4.15. The smallest absolute Gasteiger partial charge is 0.322 e. The highest BCUT2D eigenvalue weighted by atomic mass is 32.2. The van der Waals surface area contributed by atoms with Crippen molar-refractivity contribution in [2.45, 2.75) is 30.2 Å². The van der Waals surface area contributed by atoms with E-state index in [1.165, 1.54) is 0 Å². The predicted octanol–water partition coefficient (Wildman–Crippen LogP) is 1.59. The van der Waals surface area contributed by atoms with Crippen LogP contribution < -0.4 is 0 Å². The zero-order chi connectivity index (χ0) is 14.9. The van der Waals surface area contributed by atoms with Crippen LogP contribution in [0, 0.1) is 11.6 Å². The van der Waals surface area contributed by atoms with Crippen LogP contribution in [0.15, 0.2) is 23.1 Å². The van der Waals surface area contributed by atoms with Gasteiger partial charge in [0.15, 0.2) is 11.6 Å². The Labute approximate surface area is 114 Å². The molecule has 1 atom stereocenters. The van der Waals surface area contributed by atoms with E-state index in [1.807, 2.05) is 0 Å². The first-order chi connectivity index (χ1) is 9.34. The van der Waals surface area contributed by atoms with Crippen LogP contribution >= 0.6 is 0 Å². The van der Waals surface area contributed by atoms with E-state index in [9.17, 15) is 22.0 Å². The van der Waals surface area contributed by atoms with Gasteiger partial charge in [-0.2, -0.15) is 4.31 Å². The van der Waals surface area contributed by atoms with Gasteiger partial charge < -0.3 is 5.11 Å². The highest BCUT2D eigenvalue weighted by molar-refractivity contribution is 7.89. The lowest BCUT2D eigenvalue weighted by Gasteiger charge is -2.31.